The van der Waals surface area contributed by atoms with Crippen LogP contribution in [-0.4, -0.2) is 16.5 Å². The Bertz CT molecular complexity index is 869. The van der Waals surface area contributed by atoms with Crippen LogP contribution in [0.2, 0.25) is 0 Å². The number of halogens is 1. The summed E-state index contributed by atoms with van der Waals surface area (Å²) < 4.78 is 0. The van der Waals surface area contributed by atoms with Crippen molar-refractivity contribution in [3.05, 3.63) is 59.7 Å². The molecule has 1 fully saturated rings. The van der Waals surface area contributed by atoms with Gasteiger partial charge in [-0.1, -0.05) is 68.3 Å². The first-order chi connectivity index (χ1) is 14.0. The van der Waals surface area contributed by atoms with Gasteiger partial charge in [-0.2, -0.15) is 5.26 Å². The van der Waals surface area contributed by atoms with Gasteiger partial charge in [0.2, 0.25) is 0 Å². The fraction of sp³-hybridized carbons (Fsp3) is 0.440. The Balaban J connectivity index is 1.82. The van der Waals surface area contributed by atoms with Crippen LogP contribution in [0.4, 0.5) is 0 Å². The molecule has 0 aliphatic heterocycles. The van der Waals surface area contributed by atoms with Crippen LogP contribution in [0.5, 0.6) is 0 Å². The molecule has 1 aliphatic rings. The number of carboxylic acids is 1. The number of rotatable bonds is 7. The van der Waals surface area contributed by atoms with Gasteiger partial charge in [0.25, 0.3) is 0 Å². The number of carbonyl (C=O) groups is 1. The van der Waals surface area contributed by atoms with E-state index in [1.807, 2.05) is 24.3 Å². The normalized spacial score (nSPS) is 24.0. The molecule has 0 saturated heterocycles. The number of benzene rings is 2. The highest BCUT2D eigenvalue weighted by Crippen LogP contribution is 2.49. The van der Waals surface area contributed by atoms with E-state index in [1.165, 1.54) is 24.8 Å². The predicted octanol–water partition coefficient (Wildman–Crippen LogP) is 6.56. The van der Waals surface area contributed by atoms with Crippen LogP contribution in [0.1, 0.15) is 62.5 Å². The molecular formula is C25H28ClNO2. The van der Waals surface area contributed by atoms with Gasteiger partial charge in [-0.15, -0.1) is 11.6 Å². The summed E-state index contributed by atoms with van der Waals surface area (Å²) in [5, 5.41) is 19.1. The molecule has 0 aromatic heterocycles. The van der Waals surface area contributed by atoms with E-state index in [1.54, 1.807) is 0 Å². The molecule has 0 spiro atoms. The molecule has 3 unspecified atom stereocenters. The van der Waals surface area contributed by atoms with Crippen molar-refractivity contribution in [3.8, 4) is 17.2 Å². The zero-order valence-corrected chi connectivity index (χ0v) is 17.7. The molecule has 0 bridgehead atoms. The lowest BCUT2D eigenvalue weighted by Gasteiger charge is -2.39. The summed E-state index contributed by atoms with van der Waals surface area (Å²) in [7, 11) is 0. The third-order valence-corrected chi connectivity index (χ3v) is 6.62. The number of unbranched alkanes of at least 4 members (excludes halogenated alkanes) is 2. The van der Waals surface area contributed by atoms with Crippen molar-refractivity contribution >= 4 is 17.6 Å². The Kier molecular flexibility index (Phi) is 6.98. The molecule has 1 N–H and O–H groups in total. The first-order valence-electron chi connectivity index (χ1n) is 10.5. The van der Waals surface area contributed by atoms with Crippen LogP contribution < -0.4 is 0 Å². The van der Waals surface area contributed by atoms with Crippen LogP contribution in [0.25, 0.3) is 11.1 Å². The lowest BCUT2D eigenvalue weighted by molar-refractivity contribution is -0.148. The first kappa shape index (κ1) is 21.4. The van der Waals surface area contributed by atoms with E-state index in [2.05, 4.69) is 37.3 Å². The van der Waals surface area contributed by atoms with Crippen molar-refractivity contribution in [2.24, 2.45) is 5.41 Å². The first-order valence-corrected chi connectivity index (χ1v) is 10.9. The summed E-state index contributed by atoms with van der Waals surface area (Å²) in [6, 6.07) is 18.6. The van der Waals surface area contributed by atoms with Gasteiger partial charge in [0.1, 0.15) is 0 Å². The van der Waals surface area contributed by atoms with Gasteiger partial charge in [0.15, 0.2) is 5.41 Å². The van der Waals surface area contributed by atoms with E-state index >= 15 is 0 Å². The second kappa shape index (κ2) is 9.46. The molecule has 0 amide bonds. The number of nitriles is 1. The monoisotopic (exact) mass is 409 g/mol. The molecular weight excluding hydrogens is 382 g/mol. The second-order valence-electron chi connectivity index (χ2n) is 8.05. The maximum atomic E-state index is 12.0. The predicted molar refractivity (Wildman–Crippen MR) is 117 cm³/mol. The average Bonchev–Trinajstić information content (AvgIpc) is 2.74. The lowest BCUT2D eigenvalue weighted by Crippen LogP contribution is -2.43. The molecule has 0 radical (unpaired) electrons. The number of alkyl halides is 1. The second-order valence-corrected chi connectivity index (χ2v) is 8.61. The molecule has 2 aromatic carbocycles. The molecule has 1 saturated carbocycles. The van der Waals surface area contributed by atoms with E-state index < -0.39 is 17.3 Å². The molecule has 3 atom stereocenters. The number of hydrogen-bond acceptors (Lipinski definition) is 2. The van der Waals surface area contributed by atoms with Crippen LogP contribution >= 0.6 is 11.6 Å². The maximum Gasteiger partial charge on any atom is 0.324 e. The molecule has 3 rings (SSSR count). The minimum absolute atomic E-state index is 0.341. The smallest absolute Gasteiger partial charge is 0.324 e. The summed E-state index contributed by atoms with van der Waals surface area (Å²) in [6.45, 7) is 2.21. The van der Waals surface area contributed by atoms with E-state index in [4.69, 9.17) is 11.6 Å². The Labute approximate surface area is 178 Å². The van der Waals surface area contributed by atoms with Gasteiger partial charge in [-0.25, -0.2) is 0 Å². The topological polar surface area (TPSA) is 61.1 Å². The Morgan fingerprint density at radius 1 is 1.14 bits per heavy atom. The Morgan fingerprint density at radius 2 is 1.76 bits per heavy atom. The Morgan fingerprint density at radius 3 is 2.31 bits per heavy atom. The van der Waals surface area contributed by atoms with Crippen molar-refractivity contribution in [1.82, 2.24) is 0 Å². The zero-order valence-electron chi connectivity index (χ0n) is 16.9. The zero-order chi connectivity index (χ0) is 20.9. The number of nitrogens with zero attached hydrogens (tertiary/aromatic N) is 1. The van der Waals surface area contributed by atoms with Crippen molar-refractivity contribution in [2.45, 2.75) is 63.2 Å². The van der Waals surface area contributed by atoms with Crippen molar-refractivity contribution in [1.29, 1.82) is 5.26 Å². The molecule has 29 heavy (non-hydrogen) atoms. The van der Waals surface area contributed by atoms with E-state index in [9.17, 15) is 15.2 Å². The van der Waals surface area contributed by atoms with E-state index in [0.717, 1.165) is 29.5 Å². The maximum absolute atomic E-state index is 12.0. The summed E-state index contributed by atoms with van der Waals surface area (Å²) in [6.07, 6.45) is 6.54. The number of aliphatic carboxylic acids is 1. The van der Waals surface area contributed by atoms with Crippen LogP contribution in [0.3, 0.4) is 0 Å². The third-order valence-electron chi connectivity index (χ3n) is 6.15. The highest BCUT2D eigenvalue weighted by Gasteiger charge is 2.52. The lowest BCUT2D eigenvalue weighted by atomic mass is 9.64. The van der Waals surface area contributed by atoms with Gasteiger partial charge >= 0.3 is 5.97 Å². The summed E-state index contributed by atoms with van der Waals surface area (Å²) >= 11 is 6.54. The minimum atomic E-state index is -1.45. The summed E-state index contributed by atoms with van der Waals surface area (Å²) in [4.78, 5) is 12.0. The van der Waals surface area contributed by atoms with Crippen LogP contribution in [-0.2, 0) is 11.2 Å². The summed E-state index contributed by atoms with van der Waals surface area (Å²) in [5.74, 6) is -1.58. The Hall–Kier alpha value is -2.31. The number of hydrogen-bond donors (Lipinski definition) is 1. The van der Waals surface area contributed by atoms with Crippen molar-refractivity contribution in [3.63, 3.8) is 0 Å². The van der Waals surface area contributed by atoms with Gasteiger partial charge < -0.3 is 5.11 Å². The largest absolute Gasteiger partial charge is 0.480 e. The quantitative estimate of drug-likeness (QED) is 0.416. The molecule has 3 nitrogen and oxygen atoms in total. The van der Waals surface area contributed by atoms with Gasteiger partial charge in [0, 0.05) is 11.3 Å². The minimum Gasteiger partial charge on any atom is -0.480 e. The molecule has 1 aliphatic carbocycles. The summed E-state index contributed by atoms with van der Waals surface area (Å²) in [5.41, 5.74) is 2.94. The average molecular weight is 410 g/mol. The molecule has 2 aromatic rings. The SMILES string of the molecule is CCCCCc1ccc(-c2ccc(C3C(Cl)CCCC3(C#N)C(=O)O)cc2)cc1. The fourth-order valence-corrected chi connectivity index (χ4v) is 4.95. The molecule has 152 valence electrons. The molecule has 4 heteroatoms. The van der Waals surface area contributed by atoms with Crippen molar-refractivity contribution < 1.29 is 9.90 Å². The van der Waals surface area contributed by atoms with Crippen molar-refractivity contribution in [2.75, 3.05) is 0 Å². The van der Waals surface area contributed by atoms with E-state index in [-0.39, 0.29) is 5.38 Å². The van der Waals surface area contributed by atoms with Gasteiger partial charge in [0.05, 0.1) is 6.07 Å². The van der Waals surface area contributed by atoms with Crippen LogP contribution in [0, 0.1) is 16.7 Å². The number of carboxylic acid groups (broad SMARTS) is 1. The van der Waals surface area contributed by atoms with Gasteiger partial charge in [-0.05, 0) is 54.4 Å². The highest BCUT2D eigenvalue weighted by molar-refractivity contribution is 6.21. The molecule has 0 heterocycles. The van der Waals surface area contributed by atoms with Crippen LogP contribution in [0.15, 0.2) is 48.5 Å². The number of aryl methyl sites for hydroxylation is 1. The fourth-order valence-electron chi connectivity index (χ4n) is 4.44. The third kappa shape index (κ3) is 4.49. The highest BCUT2D eigenvalue weighted by atomic mass is 35.5. The van der Waals surface area contributed by atoms with Gasteiger partial charge in [-0.3, -0.25) is 4.79 Å². The van der Waals surface area contributed by atoms with E-state index in [0.29, 0.717) is 12.8 Å². The standard InChI is InChI=1S/C25H28ClNO2/c1-2-3-4-6-18-8-10-19(11-9-18)20-12-14-21(15-13-20)23-22(26)7-5-16-25(23,17-27)24(28)29/h8-15,22-23H,2-7,16H2,1H3,(H,28,29).